The Morgan fingerprint density at radius 1 is 1.23 bits per heavy atom. The molecule has 0 spiro atoms. The lowest BCUT2D eigenvalue weighted by atomic mass is 9.99. The Balaban J connectivity index is 1.94. The molecule has 6 heteroatoms. The molecule has 0 radical (unpaired) electrons. The lowest BCUT2D eigenvalue weighted by Crippen LogP contribution is -2.32. The topological polar surface area (TPSA) is 60.5 Å². The molecule has 0 N–H and O–H groups in total. The summed E-state index contributed by atoms with van der Waals surface area (Å²) in [5, 5.41) is 14.9. The van der Waals surface area contributed by atoms with E-state index in [-0.39, 0.29) is 0 Å². The fourth-order valence-corrected chi connectivity index (χ4v) is 4.41. The van der Waals surface area contributed by atoms with Crippen molar-refractivity contribution in [1.82, 2.24) is 19.5 Å². The van der Waals surface area contributed by atoms with Crippen LogP contribution in [0.15, 0.2) is 30.3 Å². The number of nitrogens with zero attached hydrogens (tertiary/aromatic N) is 6. The maximum absolute atomic E-state index is 9.97. The molecule has 2 aromatic heterocycles. The molecule has 0 saturated carbocycles. The third kappa shape index (κ3) is 3.54. The SMILES string of the molecule is CCCCc1c(C)c(C#N)c2nc(-c3ccccc3)nn2c1N1CC[C@H](N(C)C)C1. The predicted octanol–water partition coefficient (Wildman–Crippen LogP) is 4.06. The van der Waals surface area contributed by atoms with Crippen LogP contribution in [0.5, 0.6) is 0 Å². The van der Waals surface area contributed by atoms with E-state index in [1.807, 2.05) is 34.8 Å². The van der Waals surface area contributed by atoms with Gasteiger partial charge in [0, 0.05) is 24.7 Å². The molecule has 0 unspecified atom stereocenters. The highest BCUT2D eigenvalue weighted by Gasteiger charge is 2.30. The van der Waals surface area contributed by atoms with Crippen LogP contribution in [0, 0.1) is 18.3 Å². The van der Waals surface area contributed by atoms with Crippen LogP contribution in [-0.4, -0.2) is 52.7 Å². The number of unbranched alkanes of at least 4 members (excludes halogenated alkanes) is 1. The molecule has 3 aromatic rings. The van der Waals surface area contributed by atoms with Crippen LogP contribution >= 0.6 is 0 Å². The van der Waals surface area contributed by atoms with Crippen molar-refractivity contribution >= 4 is 11.5 Å². The summed E-state index contributed by atoms with van der Waals surface area (Å²) in [5.74, 6) is 1.79. The first-order valence-electron chi connectivity index (χ1n) is 10.8. The van der Waals surface area contributed by atoms with E-state index >= 15 is 0 Å². The maximum Gasteiger partial charge on any atom is 0.182 e. The second-order valence-corrected chi connectivity index (χ2v) is 8.41. The first-order chi connectivity index (χ1) is 14.5. The van der Waals surface area contributed by atoms with Gasteiger partial charge >= 0.3 is 0 Å². The Hall–Kier alpha value is -2.91. The molecule has 1 atom stereocenters. The smallest absolute Gasteiger partial charge is 0.182 e. The summed E-state index contributed by atoms with van der Waals surface area (Å²) in [7, 11) is 4.30. The number of likely N-dealkylation sites (N-methyl/N-ethyl adjacent to an activating group) is 1. The second kappa shape index (κ2) is 8.45. The van der Waals surface area contributed by atoms with Gasteiger partial charge in [0.05, 0.1) is 0 Å². The van der Waals surface area contributed by atoms with Gasteiger partial charge in [0.15, 0.2) is 11.5 Å². The zero-order valence-corrected chi connectivity index (χ0v) is 18.4. The number of pyridine rings is 1. The Bertz CT molecular complexity index is 1080. The van der Waals surface area contributed by atoms with Gasteiger partial charge in [-0.25, -0.2) is 4.98 Å². The van der Waals surface area contributed by atoms with Crippen LogP contribution in [0.25, 0.3) is 17.0 Å². The van der Waals surface area contributed by atoms with Crippen LogP contribution < -0.4 is 4.90 Å². The van der Waals surface area contributed by atoms with Crippen LogP contribution in [-0.2, 0) is 6.42 Å². The van der Waals surface area contributed by atoms with Gasteiger partial charge in [-0.05, 0) is 51.4 Å². The molecular formula is C24H30N6. The second-order valence-electron chi connectivity index (χ2n) is 8.41. The third-order valence-electron chi connectivity index (χ3n) is 6.25. The van der Waals surface area contributed by atoms with Gasteiger partial charge in [-0.1, -0.05) is 43.7 Å². The van der Waals surface area contributed by atoms with Crippen molar-refractivity contribution in [2.24, 2.45) is 0 Å². The number of aromatic nitrogens is 3. The van der Waals surface area contributed by atoms with E-state index in [0.717, 1.165) is 55.7 Å². The average Bonchev–Trinajstić information content (AvgIpc) is 3.40. The van der Waals surface area contributed by atoms with E-state index in [1.165, 1.54) is 5.56 Å². The zero-order chi connectivity index (χ0) is 21.3. The lowest BCUT2D eigenvalue weighted by Gasteiger charge is -2.26. The van der Waals surface area contributed by atoms with Gasteiger partial charge in [-0.3, -0.25) is 0 Å². The van der Waals surface area contributed by atoms with Gasteiger partial charge < -0.3 is 9.80 Å². The number of rotatable bonds is 6. The quantitative estimate of drug-likeness (QED) is 0.622. The summed E-state index contributed by atoms with van der Waals surface area (Å²) in [6.45, 7) is 6.24. The molecule has 1 aliphatic rings. The Morgan fingerprint density at radius 2 is 2.00 bits per heavy atom. The lowest BCUT2D eigenvalue weighted by molar-refractivity contribution is 0.315. The molecule has 0 bridgehead atoms. The zero-order valence-electron chi connectivity index (χ0n) is 18.4. The average molecular weight is 403 g/mol. The number of anilines is 1. The molecule has 6 nitrogen and oxygen atoms in total. The summed E-state index contributed by atoms with van der Waals surface area (Å²) in [4.78, 5) is 9.56. The van der Waals surface area contributed by atoms with Gasteiger partial charge in [0.25, 0.3) is 0 Å². The number of benzene rings is 1. The minimum absolute atomic E-state index is 0.520. The highest BCUT2D eigenvalue weighted by atomic mass is 15.4. The predicted molar refractivity (Wildman–Crippen MR) is 121 cm³/mol. The van der Waals surface area contributed by atoms with Crippen LogP contribution in [0.3, 0.4) is 0 Å². The van der Waals surface area contributed by atoms with E-state index in [9.17, 15) is 5.26 Å². The van der Waals surface area contributed by atoms with E-state index in [4.69, 9.17) is 10.1 Å². The Kier molecular flexibility index (Phi) is 5.74. The summed E-state index contributed by atoms with van der Waals surface area (Å²) in [5.41, 5.74) is 4.57. The molecule has 0 amide bonds. The summed E-state index contributed by atoms with van der Waals surface area (Å²) in [6.07, 6.45) is 4.29. The molecule has 1 aliphatic heterocycles. The fraction of sp³-hybridized carbons (Fsp3) is 0.458. The van der Waals surface area contributed by atoms with E-state index in [1.54, 1.807) is 0 Å². The standard InChI is InChI=1S/C24H30N6/c1-5-6-12-20-17(2)21(15-25)23-26-22(18-10-8-7-9-11-18)27-30(23)24(20)29-14-13-19(16-29)28(3)4/h7-11,19H,5-6,12-14,16H2,1-4H3/t19-/m0/s1. The van der Waals surface area contributed by atoms with Crippen molar-refractivity contribution in [3.8, 4) is 17.5 Å². The summed E-state index contributed by atoms with van der Waals surface area (Å²) < 4.78 is 1.94. The van der Waals surface area contributed by atoms with Crippen molar-refractivity contribution < 1.29 is 0 Å². The number of fused-ring (bicyclic) bond motifs is 1. The van der Waals surface area contributed by atoms with Crippen molar-refractivity contribution in [3.63, 3.8) is 0 Å². The molecule has 4 rings (SSSR count). The Labute approximate surface area is 178 Å². The molecule has 0 aliphatic carbocycles. The van der Waals surface area contributed by atoms with Gasteiger partial charge in [-0.15, -0.1) is 5.10 Å². The van der Waals surface area contributed by atoms with Crippen LogP contribution in [0.2, 0.25) is 0 Å². The van der Waals surface area contributed by atoms with E-state index < -0.39 is 0 Å². The van der Waals surface area contributed by atoms with E-state index in [2.05, 4.69) is 43.8 Å². The van der Waals surface area contributed by atoms with Crippen LogP contribution in [0.1, 0.15) is 42.9 Å². The van der Waals surface area contributed by atoms with Gasteiger partial charge in [0.2, 0.25) is 0 Å². The third-order valence-corrected chi connectivity index (χ3v) is 6.25. The monoisotopic (exact) mass is 402 g/mol. The largest absolute Gasteiger partial charge is 0.355 e. The normalized spacial score (nSPS) is 16.5. The summed E-state index contributed by atoms with van der Waals surface area (Å²) in [6, 6.07) is 12.9. The highest BCUT2D eigenvalue weighted by molar-refractivity contribution is 5.71. The van der Waals surface area contributed by atoms with Crippen molar-refractivity contribution in [3.05, 3.63) is 47.0 Å². The Morgan fingerprint density at radius 3 is 2.63 bits per heavy atom. The van der Waals surface area contributed by atoms with Crippen molar-refractivity contribution in [2.75, 3.05) is 32.1 Å². The minimum atomic E-state index is 0.520. The van der Waals surface area contributed by atoms with Crippen LogP contribution in [0.4, 0.5) is 5.82 Å². The molecule has 1 fully saturated rings. The fourth-order valence-electron chi connectivity index (χ4n) is 4.41. The molecule has 3 heterocycles. The molecular weight excluding hydrogens is 372 g/mol. The first-order valence-corrected chi connectivity index (χ1v) is 10.8. The van der Waals surface area contributed by atoms with E-state index in [0.29, 0.717) is 23.1 Å². The van der Waals surface area contributed by atoms with Crippen molar-refractivity contribution in [1.29, 1.82) is 5.26 Å². The number of hydrogen-bond acceptors (Lipinski definition) is 5. The number of hydrogen-bond donors (Lipinski definition) is 0. The first kappa shape index (κ1) is 20.4. The minimum Gasteiger partial charge on any atom is -0.355 e. The molecule has 30 heavy (non-hydrogen) atoms. The molecule has 1 saturated heterocycles. The maximum atomic E-state index is 9.97. The molecule has 156 valence electrons. The van der Waals surface area contributed by atoms with Crippen molar-refractivity contribution in [2.45, 2.75) is 45.6 Å². The van der Waals surface area contributed by atoms with Gasteiger partial charge in [0.1, 0.15) is 17.5 Å². The number of nitriles is 1. The highest BCUT2D eigenvalue weighted by Crippen LogP contribution is 2.34. The molecule has 1 aromatic carbocycles. The van der Waals surface area contributed by atoms with Gasteiger partial charge in [-0.2, -0.15) is 9.78 Å². The summed E-state index contributed by atoms with van der Waals surface area (Å²) >= 11 is 0.